The fourth-order valence-corrected chi connectivity index (χ4v) is 3.27. The van der Waals surface area contributed by atoms with E-state index < -0.39 is 0 Å². The van der Waals surface area contributed by atoms with E-state index in [2.05, 4.69) is 4.98 Å². The van der Waals surface area contributed by atoms with Crippen molar-refractivity contribution in [3.05, 3.63) is 59.4 Å². The van der Waals surface area contributed by atoms with Crippen molar-refractivity contribution in [2.75, 3.05) is 13.1 Å². The molecule has 0 atom stereocenters. The molecule has 6 heteroatoms. The maximum atomic E-state index is 12.4. The Labute approximate surface area is 143 Å². The summed E-state index contributed by atoms with van der Waals surface area (Å²) in [6.07, 6.45) is 1.74. The maximum absolute atomic E-state index is 12.4. The lowest BCUT2D eigenvalue weighted by Crippen LogP contribution is -2.50. The number of amides is 1. The van der Waals surface area contributed by atoms with Crippen LogP contribution in [0.5, 0.6) is 0 Å². The molecule has 0 N–H and O–H groups in total. The highest BCUT2D eigenvalue weighted by molar-refractivity contribution is 6.30. The van der Waals surface area contributed by atoms with Gasteiger partial charge in [-0.15, -0.1) is 11.6 Å². The Morgan fingerprint density at radius 3 is 2.74 bits per heavy atom. The van der Waals surface area contributed by atoms with E-state index >= 15 is 0 Å². The van der Waals surface area contributed by atoms with Crippen LogP contribution < -0.4 is 0 Å². The highest BCUT2D eigenvalue weighted by Gasteiger charge is 2.29. The first-order valence-corrected chi connectivity index (χ1v) is 8.09. The topological polar surface area (TPSA) is 38.1 Å². The fourth-order valence-electron chi connectivity index (χ4n) is 2.75. The van der Waals surface area contributed by atoms with E-state index in [0.29, 0.717) is 23.7 Å². The van der Waals surface area contributed by atoms with Gasteiger partial charge in [0.15, 0.2) is 0 Å². The first-order valence-electron chi connectivity index (χ1n) is 7.28. The molecule has 1 aromatic heterocycles. The monoisotopic (exact) mass is 345 g/mol. The van der Waals surface area contributed by atoms with Crippen molar-refractivity contribution in [1.82, 2.24) is 14.5 Å². The predicted octanol–water partition coefficient (Wildman–Crippen LogP) is 3.74. The van der Waals surface area contributed by atoms with Gasteiger partial charge < -0.3 is 4.90 Å². The number of nitrogens with zero attached hydrogens (tertiary/aromatic N) is 3. The van der Waals surface area contributed by atoms with Crippen molar-refractivity contribution in [2.45, 2.75) is 5.38 Å². The molecule has 0 spiro atoms. The second kappa shape index (κ2) is 5.55. The third-order valence-corrected chi connectivity index (χ3v) is 4.52. The third-order valence-electron chi connectivity index (χ3n) is 4.00. The summed E-state index contributed by atoms with van der Waals surface area (Å²) < 4.78 is 1.95. The molecule has 1 amide bonds. The number of rotatable bonds is 2. The summed E-state index contributed by atoms with van der Waals surface area (Å²) in [7, 11) is 0. The van der Waals surface area contributed by atoms with Crippen molar-refractivity contribution in [2.24, 2.45) is 0 Å². The zero-order chi connectivity index (χ0) is 16.0. The molecule has 2 aromatic carbocycles. The zero-order valence-corrected chi connectivity index (χ0v) is 13.6. The Balaban J connectivity index is 1.70. The van der Waals surface area contributed by atoms with Crippen molar-refractivity contribution in [3.8, 4) is 5.69 Å². The molecule has 1 aliphatic heterocycles. The SMILES string of the molecule is O=C(c1ccc2c(c1)ncn2-c1cccc(Cl)c1)N1CC(Cl)C1. The number of aromatic nitrogens is 2. The van der Waals surface area contributed by atoms with Gasteiger partial charge in [-0.2, -0.15) is 0 Å². The minimum absolute atomic E-state index is 0.00102. The first kappa shape index (κ1) is 14.5. The number of likely N-dealkylation sites (tertiary alicyclic amines) is 1. The molecule has 0 bridgehead atoms. The molecule has 1 fully saturated rings. The smallest absolute Gasteiger partial charge is 0.254 e. The number of benzene rings is 2. The van der Waals surface area contributed by atoms with Crippen LogP contribution >= 0.6 is 23.2 Å². The van der Waals surface area contributed by atoms with Gasteiger partial charge in [-0.25, -0.2) is 4.98 Å². The molecule has 2 heterocycles. The van der Waals surface area contributed by atoms with E-state index in [4.69, 9.17) is 23.2 Å². The molecular formula is C17H13Cl2N3O. The largest absolute Gasteiger partial charge is 0.336 e. The van der Waals surface area contributed by atoms with Crippen LogP contribution in [0.3, 0.4) is 0 Å². The number of fused-ring (bicyclic) bond motifs is 1. The van der Waals surface area contributed by atoms with Crippen LogP contribution in [0.4, 0.5) is 0 Å². The average Bonchev–Trinajstić information content (AvgIpc) is 2.94. The van der Waals surface area contributed by atoms with Gasteiger partial charge >= 0.3 is 0 Å². The van der Waals surface area contributed by atoms with Crippen LogP contribution in [0.15, 0.2) is 48.8 Å². The molecule has 4 nitrogen and oxygen atoms in total. The minimum atomic E-state index is 0.00102. The summed E-state index contributed by atoms with van der Waals surface area (Å²) in [5, 5.41) is 0.745. The van der Waals surface area contributed by atoms with Gasteiger partial charge in [-0.3, -0.25) is 9.36 Å². The molecule has 0 radical (unpaired) electrons. The Kier molecular flexibility index (Phi) is 3.51. The Hall–Kier alpha value is -2.04. The number of imidazole rings is 1. The zero-order valence-electron chi connectivity index (χ0n) is 12.1. The van der Waals surface area contributed by atoms with Gasteiger partial charge in [0, 0.05) is 29.4 Å². The quantitative estimate of drug-likeness (QED) is 0.663. The van der Waals surface area contributed by atoms with Crippen LogP contribution in [0.2, 0.25) is 5.02 Å². The minimum Gasteiger partial charge on any atom is -0.336 e. The predicted molar refractivity (Wildman–Crippen MR) is 91.6 cm³/mol. The molecule has 3 aromatic rings. The van der Waals surface area contributed by atoms with Gasteiger partial charge in [0.25, 0.3) is 5.91 Å². The van der Waals surface area contributed by atoms with Gasteiger partial charge in [0.1, 0.15) is 6.33 Å². The summed E-state index contributed by atoms with van der Waals surface area (Å²) >= 11 is 12.0. The van der Waals surface area contributed by atoms with Crippen LogP contribution in [-0.2, 0) is 0 Å². The number of halogens is 2. The van der Waals surface area contributed by atoms with Gasteiger partial charge in [-0.1, -0.05) is 17.7 Å². The number of carbonyl (C=O) groups is 1. The average molecular weight is 346 g/mol. The maximum Gasteiger partial charge on any atom is 0.254 e. The second-order valence-corrected chi connectivity index (χ2v) is 6.66. The van der Waals surface area contributed by atoms with Crippen molar-refractivity contribution < 1.29 is 4.79 Å². The summed E-state index contributed by atoms with van der Waals surface area (Å²) in [6, 6.07) is 13.1. The number of hydrogen-bond acceptors (Lipinski definition) is 2. The molecule has 4 rings (SSSR count). The van der Waals surface area contributed by atoms with Crippen molar-refractivity contribution >= 4 is 40.1 Å². The number of carbonyl (C=O) groups excluding carboxylic acids is 1. The van der Waals surface area contributed by atoms with E-state index in [9.17, 15) is 4.79 Å². The molecule has 0 unspecified atom stereocenters. The first-order chi connectivity index (χ1) is 11.1. The lowest BCUT2D eigenvalue weighted by atomic mass is 10.1. The molecule has 116 valence electrons. The molecular weight excluding hydrogens is 333 g/mol. The summed E-state index contributed by atoms with van der Waals surface area (Å²) in [4.78, 5) is 18.5. The van der Waals surface area contributed by atoms with Crippen LogP contribution in [0.1, 0.15) is 10.4 Å². The summed E-state index contributed by atoms with van der Waals surface area (Å²) in [6.45, 7) is 1.21. The van der Waals surface area contributed by atoms with Crippen molar-refractivity contribution in [1.29, 1.82) is 0 Å². The number of hydrogen-bond donors (Lipinski definition) is 0. The normalized spacial score (nSPS) is 15.0. The van der Waals surface area contributed by atoms with Crippen molar-refractivity contribution in [3.63, 3.8) is 0 Å². The molecule has 0 aliphatic carbocycles. The molecule has 1 saturated heterocycles. The van der Waals surface area contributed by atoms with E-state index in [0.717, 1.165) is 16.7 Å². The highest BCUT2D eigenvalue weighted by Crippen LogP contribution is 2.23. The van der Waals surface area contributed by atoms with E-state index in [1.807, 2.05) is 47.0 Å². The summed E-state index contributed by atoms with van der Waals surface area (Å²) in [5.41, 5.74) is 3.28. The highest BCUT2D eigenvalue weighted by atomic mass is 35.5. The van der Waals surface area contributed by atoms with Gasteiger partial charge in [-0.05, 0) is 36.4 Å². The molecule has 1 aliphatic rings. The van der Waals surface area contributed by atoms with E-state index in [-0.39, 0.29) is 11.3 Å². The number of alkyl halides is 1. The Morgan fingerprint density at radius 2 is 2.00 bits per heavy atom. The lowest BCUT2D eigenvalue weighted by molar-refractivity contribution is 0.0660. The molecule has 23 heavy (non-hydrogen) atoms. The Morgan fingerprint density at radius 1 is 1.17 bits per heavy atom. The van der Waals surface area contributed by atoms with Crippen LogP contribution in [0.25, 0.3) is 16.7 Å². The van der Waals surface area contributed by atoms with Crippen LogP contribution in [-0.4, -0.2) is 38.8 Å². The standard InChI is InChI=1S/C17H13Cl2N3O/c18-12-2-1-3-14(7-12)22-10-20-15-6-11(4-5-16(15)22)17(23)21-8-13(19)9-21/h1-7,10,13H,8-9H2. The van der Waals surface area contributed by atoms with Gasteiger partial charge in [0.2, 0.25) is 0 Å². The van der Waals surface area contributed by atoms with Gasteiger partial charge in [0.05, 0.1) is 16.4 Å². The Bertz CT molecular complexity index is 900. The summed E-state index contributed by atoms with van der Waals surface area (Å²) in [5.74, 6) is 0.00102. The van der Waals surface area contributed by atoms with E-state index in [1.54, 1.807) is 11.2 Å². The van der Waals surface area contributed by atoms with Crippen LogP contribution in [0, 0.1) is 0 Å². The lowest BCUT2D eigenvalue weighted by Gasteiger charge is -2.35. The third kappa shape index (κ3) is 2.58. The second-order valence-electron chi connectivity index (χ2n) is 5.61. The fraction of sp³-hybridized carbons (Fsp3) is 0.176. The molecule has 0 saturated carbocycles. The van der Waals surface area contributed by atoms with E-state index in [1.165, 1.54) is 0 Å².